The van der Waals surface area contributed by atoms with E-state index in [1.807, 2.05) is 0 Å². The molecular formula is C65H118O6. The minimum atomic E-state index is -0.792. The summed E-state index contributed by atoms with van der Waals surface area (Å²) in [5.41, 5.74) is 0. The number of carbonyl (C=O) groups is 3. The Kier molecular flexibility index (Phi) is 57.7. The Morgan fingerprint density at radius 1 is 0.296 bits per heavy atom. The van der Waals surface area contributed by atoms with Crippen molar-refractivity contribution in [2.45, 2.75) is 335 Å². The highest BCUT2D eigenvalue weighted by Crippen LogP contribution is 2.18. The topological polar surface area (TPSA) is 78.9 Å². The molecule has 0 saturated carbocycles. The number of hydrogen-bond donors (Lipinski definition) is 0. The van der Waals surface area contributed by atoms with Gasteiger partial charge in [-0.15, -0.1) is 0 Å². The van der Waals surface area contributed by atoms with Crippen LogP contribution in [0.4, 0.5) is 0 Å². The molecule has 1 atom stereocenters. The average Bonchev–Trinajstić information content (AvgIpc) is 3.37. The number of esters is 3. The van der Waals surface area contributed by atoms with Gasteiger partial charge in [0.1, 0.15) is 13.2 Å². The number of unbranched alkanes of at least 4 members (excludes halogenated alkanes) is 38. The van der Waals surface area contributed by atoms with Crippen molar-refractivity contribution < 1.29 is 28.6 Å². The van der Waals surface area contributed by atoms with Gasteiger partial charge in [-0.25, -0.2) is 0 Å². The van der Waals surface area contributed by atoms with E-state index in [0.717, 1.165) is 77.0 Å². The summed E-state index contributed by atoms with van der Waals surface area (Å²) in [4.78, 5) is 38.2. The number of carbonyl (C=O) groups excluding carboxylic acids is 3. The molecule has 0 rings (SSSR count). The van der Waals surface area contributed by atoms with Crippen molar-refractivity contribution in [2.75, 3.05) is 13.2 Å². The number of hydrogen-bond acceptors (Lipinski definition) is 6. The zero-order valence-corrected chi connectivity index (χ0v) is 47.5. The Labute approximate surface area is 441 Å². The maximum Gasteiger partial charge on any atom is 0.306 e. The molecule has 0 aliphatic heterocycles. The molecule has 0 aromatic carbocycles. The van der Waals surface area contributed by atoms with Crippen molar-refractivity contribution in [3.8, 4) is 0 Å². The summed E-state index contributed by atoms with van der Waals surface area (Å²) in [5, 5.41) is 0. The lowest BCUT2D eigenvalue weighted by Crippen LogP contribution is -2.30. The second-order valence-electron chi connectivity index (χ2n) is 21.0. The van der Waals surface area contributed by atoms with Gasteiger partial charge in [-0.1, -0.05) is 301 Å². The fraction of sp³-hybridized carbons (Fsp3) is 0.831. The van der Waals surface area contributed by atoms with Gasteiger partial charge >= 0.3 is 17.9 Å². The van der Waals surface area contributed by atoms with Crippen LogP contribution < -0.4 is 0 Å². The van der Waals surface area contributed by atoms with Crippen LogP contribution in [0.5, 0.6) is 0 Å². The maximum atomic E-state index is 12.9. The average molecular weight is 996 g/mol. The Bertz CT molecular complexity index is 1230. The summed E-state index contributed by atoms with van der Waals surface area (Å²) in [5.74, 6) is -0.906. The Morgan fingerprint density at radius 2 is 0.549 bits per heavy atom. The van der Waals surface area contributed by atoms with Crippen LogP contribution in [0, 0.1) is 0 Å². The predicted molar refractivity (Wildman–Crippen MR) is 307 cm³/mol. The van der Waals surface area contributed by atoms with Crippen LogP contribution in [0.3, 0.4) is 0 Å². The zero-order chi connectivity index (χ0) is 51.4. The molecule has 0 amide bonds. The van der Waals surface area contributed by atoms with Crippen LogP contribution in [0.2, 0.25) is 0 Å². The molecule has 0 fully saturated rings. The summed E-state index contributed by atoms with van der Waals surface area (Å²) < 4.78 is 16.9. The van der Waals surface area contributed by atoms with E-state index in [1.54, 1.807) is 0 Å². The number of allylic oxidation sites excluding steroid dienone is 8. The fourth-order valence-electron chi connectivity index (χ4n) is 9.20. The third-order valence-corrected chi connectivity index (χ3v) is 13.8. The lowest BCUT2D eigenvalue weighted by molar-refractivity contribution is -0.167. The predicted octanol–water partition coefficient (Wildman–Crippen LogP) is 21.0. The second kappa shape index (κ2) is 59.9. The Hall–Kier alpha value is -2.63. The first-order valence-electron chi connectivity index (χ1n) is 31.1. The number of rotatable bonds is 57. The molecule has 6 nitrogen and oxygen atoms in total. The first-order valence-corrected chi connectivity index (χ1v) is 31.1. The van der Waals surface area contributed by atoms with Gasteiger partial charge in [-0.3, -0.25) is 14.4 Å². The lowest BCUT2D eigenvalue weighted by atomic mass is 10.0. The molecular weight excluding hydrogens is 877 g/mol. The first-order chi connectivity index (χ1) is 35.0. The summed E-state index contributed by atoms with van der Waals surface area (Å²) in [7, 11) is 0. The highest BCUT2D eigenvalue weighted by Gasteiger charge is 2.19. The van der Waals surface area contributed by atoms with Gasteiger partial charge in [0.25, 0.3) is 0 Å². The van der Waals surface area contributed by atoms with E-state index in [-0.39, 0.29) is 37.5 Å². The Balaban J connectivity index is 4.30. The van der Waals surface area contributed by atoms with Crippen molar-refractivity contribution in [2.24, 2.45) is 0 Å². The van der Waals surface area contributed by atoms with Crippen LogP contribution in [-0.2, 0) is 28.6 Å². The van der Waals surface area contributed by atoms with E-state index >= 15 is 0 Å². The molecule has 6 heteroatoms. The molecule has 0 aromatic heterocycles. The van der Waals surface area contributed by atoms with Crippen LogP contribution >= 0.6 is 0 Å². The zero-order valence-electron chi connectivity index (χ0n) is 47.5. The van der Waals surface area contributed by atoms with E-state index in [2.05, 4.69) is 69.4 Å². The quantitative estimate of drug-likeness (QED) is 0.0261. The molecule has 0 spiro atoms. The monoisotopic (exact) mass is 995 g/mol. The second-order valence-corrected chi connectivity index (χ2v) is 21.0. The normalized spacial score (nSPS) is 12.3. The summed E-state index contributed by atoms with van der Waals surface area (Å²) >= 11 is 0. The molecule has 0 heterocycles. The van der Waals surface area contributed by atoms with Gasteiger partial charge in [-0.05, 0) is 57.8 Å². The van der Waals surface area contributed by atoms with Crippen molar-refractivity contribution in [3.63, 3.8) is 0 Å². The molecule has 0 radical (unpaired) electrons. The van der Waals surface area contributed by atoms with Gasteiger partial charge in [-0.2, -0.15) is 0 Å². The molecule has 0 bridgehead atoms. The molecule has 414 valence electrons. The summed E-state index contributed by atoms with van der Waals surface area (Å²) in [6.45, 7) is 6.55. The van der Waals surface area contributed by atoms with Gasteiger partial charge in [0.05, 0.1) is 0 Å². The van der Waals surface area contributed by atoms with E-state index < -0.39 is 6.10 Å². The summed E-state index contributed by atoms with van der Waals surface area (Å²) in [6, 6.07) is 0. The standard InChI is InChI=1S/C65H118O6/c1-4-7-10-13-16-19-22-25-28-29-30-31-32-33-34-35-38-40-43-46-49-52-55-58-64(67)70-61-62(71-65(68)59-56-53-50-47-44-41-37-27-24-21-18-15-12-9-6-3)60-69-63(66)57-54-51-48-45-42-39-36-26-23-20-17-14-11-8-5-2/h9,12,18,21,27,37,44,47,62H,4-8,10-11,13-17,19-20,22-26,28-36,38-43,45-46,48-61H2,1-3H3/b12-9-,21-18-,37-27-,47-44-. The van der Waals surface area contributed by atoms with Crippen molar-refractivity contribution in [1.82, 2.24) is 0 Å². The molecule has 0 aliphatic rings. The van der Waals surface area contributed by atoms with Crippen LogP contribution in [0.15, 0.2) is 48.6 Å². The molecule has 0 aliphatic carbocycles. The fourth-order valence-corrected chi connectivity index (χ4v) is 9.20. The van der Waals surface area contributed by atoms with Crippen LogP contribution in [-0.4, -0.2) is 37.2 Å². The van der Waals surface area contributed by atoms with Crippen molar-refractivity contribution in [1.29, 1.82) is 0 Å². The largest absolute Gasteiger partial charge is 0.462 e. The van der Waals surface area contributed by atoms with Gasteiger partial charge in [0, 0.05) is 19.3 Å². The summed E-state index contributed by atoms with van der Waals surface area (Å²) in [6.07, 6.45) is 74.1. The SMILES string of the molecule is CC/C=C\C/C=C\C/C=C\C/C=C\CCCCC(=O)OC(COC(=O)CCCCCCCCCCCCCCCCC)COC(=O)CCCCCCCCCCCCCCCCCCCCCCCCC. The van der Waals surface area contributed by atoms with Crippen LogP contribution in [0.1, 0.15) is 329 Å². The third kappa shape index (κ3) is 58.1. The number of ether oxygens (including phenoxy) is 3. The lowest BCUT2D eigenvalue weighted by Gasteiger charge is -2.18. The van der Waals surface area contributed by atoms with Crippen molar-refractivity contribution >= 4 is 17.9 Å². The van der Waals surface area contributed by atoms with E-state index in [1.165, 1.54) is 205 Å². The molecule has 1 unspecified atom stereocenters. The van der Waals surface area contributed by atoms with E-state index in [9.17, 15) is 14.4 Å². The molecule has 0 saturated heterocycles. The minimum absolute atomic E-state index is 0.0852. The van der Waals surface area contributed by atoms with Crippen LogP contribution in [0.25, 0.3) is 0 Å². The molecule has 0 aromatic rings. The first kappa shape index (κ1) is 68.4. The molecule has 0 N–H and O–H groups in total. The highest BCUT2D eigenvalue weighted by atomic mass is 16.6. The highest BCUT2D eigenvalue weighted by molar-refractivity contribution is 5.71. The Morgan fingerprint density at radius 3 is 0.859 bits per heavy atom. The molecule has 71 heavy (non-hydrogen) atoms. The van der Waals surface area contributed by atoms with E-state index in [4.69, 9.17) is 14.2 Å². The van der Waals surface area contributed by atoms with Gasteiger partial charge in [0.2, 0.25) is 0 Å². The van der Waals surface area contributed by atoms with Crippen molar-refractivity contribution in [3.05, 3.63) is 48.6 Å². The minimum Gasteiger partial charge on any atom is -0.462 e. The third-order valence-electron chi connectivity index (χ3n) is 13.8. The smallest absolute Gasteiger partial charge is 0.306 e. The van der Waals surface area contributed by atoms with E-state index in [0.29, 0.717) is 19.3 Å². The van der Waals surface area contributed by atoms with Gasteiger partial charge < -0.3 is 14.2 Å². The maximum absolute atomic E-state index is 12.9. The van der Waals surface area contributed by atoms with Gasteiger partial charge in [0.15, 0.2) is 6.10 Å².